The molecule has 0 fully saturated rings. The topological polar surface area (TPSA) is 74.8 Å². The molecular formula is C14H8Cl2F3N3O2S. The van der Waals surface area contributed by atoms with Crippen molar-refractivity contribution < 1.29 is 21.6 Å². The summed E-state index contributed by atoms with van der Waals surface area (Å²) in [5.74, 6) is 0.123. The van der Waals surface area contributed by atoms with Crippen LogP contribution in [0.1, 0.15) is 5.56 Å². The van der Waals surface area contributed by atoms with Crippen LogP contribution < -0.4 is 4.72 Å². The molecule has 0 saturated carbocycles. The first kappa shape index (κ1) is 17.8. The number of rotatable bonds is 3. The lowest BCUT2D eigenvalue weighted by Crippen LogP contribution is -2.04. The maximum atomic E-state index is 12.9. The number of alkyl halides is 3. The van der Waals surface area contributed by atoms with Gasteiger partial charge in [0.25, 0.3) is 0 Å². The highest BCUT2D eigenvalue weighted by Crippen LogP contribution is 2.36. The van der Waals surface area contributed by atoms with E-state index >= 15 is 0 Å². The van der Waals surface area contributed by atoms with Crippen LogP contribution in [0.3, 0.4) is 0 Å². The third-order valence-corrected chi connectivity index (χ3v) is 4.28. The van der Waals surface area contributed by atoms with Gasteiger partial charge in [-0.05, 0) is 30.3 Å². The summed E-state index contributed by atoms with van der Waals surface area (Å²) in [4.78, 5) is 6.89. The van der Waals surface area contributed by atoms with Crippen molar-refractivity contribution in [3.8, 4) is 11.4 Å². The SMILES string of the molecule is O=[SH](=O)Nc1ccc(Cl)cc1-c1nc2cc(C(F)(F)F)cc(Cl)c2[nH]1. The van der Waals surface area contributed by atoms with Crippen LogP contribution in [0.4, 0.5) is 18.9 Å². The number of H-pyrrole nitrogens is 1. The van der Waals surface area contributed by atoms with Gasteiger partial charge in [-0.15, -0.1) is 0 Å². The van der Waals surface area contributed by atoms with Crippen LogP contribution >= 0.6 is 23.2 Å². The molecule has 0 spiro atoms. The van der Waals surface area contributed by atoms with E-state index < -0.39 is 22.6 Å². The van der Waals surface area contributed by atoms with Crippen molar-refractivity contribution in [2.75, 3.05) is 4.72 Å². The quantitative estimate of drug-likeness (QED) is 0.557. The van der Waals surface area contributed by atoms with Gasteiger partial charge in [0.1, 0.15) is 5.82 Å². The van der Waals surface area contributed by atoms with E-state index in [1.54, 1.807) is 0 Å². The van der Waals surface area contributed by atoms with Crippen molar-refractivity contribution >= 4 is 50.8 Å². The van der Waals surface area contributed by atoms with Gasteiger partial charge < -0.3 is 4.98 Å². The second-order valence-electron chi connectivity index (χ2n) is 4.99. The Bertz CT molecular complexity index is 1040. The van der Waals surface area contributed by atoms with E-state index in [-0.39, 0.29) is 33.1 Å². The normalized spacial score (nSPS) is 12.1. The van der Waals surface area contributed by atoms with Crippen LogP contribution in [0.15, 0.2) is 30.3 Å². The smallest absolute Gasteiger partial charge is 0.337 e. The molecule has 0 aliphatic rings. The molecule has 3 aromatic rings. The first-order chi connectivity index (χ1) is 11.6. The zero-order valence-electron chi connectivity index (χ0n) is 12.0. The van der Waals surface area contributed by atoms with Gasteiger partial charge in [-0.2, -0.15) is 13.2 Å². The van der Waals surface area contributed by atoms with Crippen molar-refractivity contribution in [2.24, 2.45) is 0 Å². The summed E-state index contributed by atoms with van der Waals surface area (Å²) in [5, 5.41) is 0.138. The van der Waals surface area contributed by atoms with Crippen LogP contribution in [0.5, 0.6) is 0 Å². The summed E-state index contributed by atoms with van der Waals surface area (Å²) in [6.45, 7) is 0. The maximum absolute atomic E-state index is 12.9. The van der Waals surface area contributed by atoms with E-state index in [0.717, 1.165) is 12.1 Å². The van der Waals surface area contributed by atoms with Gasteiger partial charge in [0.15, 0.2) is 0 Å². The molecule has 11 heteroatoms. The molecule has 132 valence electrons. The highest BCUT2D eigenvalue weighted by Gasteiger charge is 2.32. The first-order valence-corrected chi connectivity index (χ1v) is 8.56. The number of aromatic nitrogens is 2. The number of thiol groups is 1. The average molecular weight is 410 g/mol. The van der Waals surface area contributed by atoms with Gasteiger partial charge in [-0.1, -0.05) is 23.2 Å². The Kier molecular flexibility index (Phi) is 4.56. The Morgan fingerprint density at radius 2 is 1.84 bits per heavy atom. The Hall–Kier alpha value is -1.97. The predicted molar refractivity (Wildman–Crippen MR) is 90.5 cm³/mol. The molecule has 1 heterocycles. The number of aromatic amines is 1. The van der Waals surface area contributed by atoms with E-state index in [2.05, 4.69) is 14.7 Å². The summed E-state index contributed by atoms with van der Waals surface area (Å²) in [6, 6.07) is 5.95. The van der Waals surface area contributed by atoms with Gasteiger partial charge in [0.05, 0.1) is 27.3 Å². The minimum absolute atomic E-state index is 0.00717. The van der Waals surface area contributed by atoms with Crippen LogP contribution in [-0.4, -0.2) is 18.4 Å². The van der Waals surface area contributed by atoms with Gasteiger partial charge in [0.2, 0.25) is 10.9 Å². The molecule has 0 saturated heterocycles. The van der Waals surface area contributed by atoms with Crippen LogP contribution in [0, 0.1) is 0 Å². The lowest BCUT2D eigenvalue weighted by Gasteiger charge is -2.06. The molecule has 25 heavy (non-hydrogen) atoms. The van der Waals surface area contributed by atoms with E-state index in [1.165, 1.54) is 18.2 Å². The Labute approximate surface area is 150 Å². The van der Waals surface area contributed by atoms with Gasteiger partial charge in [-0.25, -0.2) is 13.4 Å². The zero-order chi connectivity index (χ0) is 18.4. The fraction of sp³-hybridized carbons (Fsp3) is 0.0714. The molecule has 0 unspecified atom stereocenters. The van der Waals surface area contributed by atoms with E-state index in [4.69, 9.17) is 23.2 Å². The Morgan fingerprint density at radius 1 is 1.12 bits per heavy atom. The second kappa shape index (κ2) is 6.40. The number of benzene rings is 2. The number of hydrogen-bond donors (Lipinski definition) is 3. The first-order valence-electron chi connectivity index (χ1n) is 6.62. The van der Waals surface area contributed by atoms with Gasteiger partial charge in [-0.3, -0.25) is 4.72 Å². The molecule has 0 bridgehead atoms. The average Bonchev–Trinajstić information content (AvgIpc) is 2.92. The molecule has 5 nitrogen and oxygen atoms in total. The molecule has 1 aromatic heterocycles. The fourth-order valence-corrected chi connectivity index (χ4v) is 3.10. The van der Waals surface area contributed by atoms with Crippen molar-refractivity contribution in [3.05, 3.63) is 45.9 Å². The molecule has 3 rings (SSSR count). The molecule has 2 aromatic carbocycles. The predicted octanol–water partition coefficient (Wildman–Crippen LogP) is 4.49. The molecule has 2 N–H and O–H groups in total. The minimum Gasteiger partial charge on any atom is -0.337 e. The molecule has 0 amide bonds. The monoisotopic (exact) mass is 409 g/mol. The lowest BCUT2D eigenvalue weighted by atomic mass is 10.2. The highest BCUT2D eigenvalue weighted by atomic mass is 35.5. The third kappa shape index (κ3) is 3.68. The Morgan fingerprint density at radius 3 is 2.48 bits per heavy atom. The number of hydrogen-bond acceptors (Lipinski definition) is 3. The van der Waals surface area contributed by atoms with Crippen LogP contribution in [-0.2, 0) is 17.1 Å². The molecule has 0 aliphatic heterocycles. The molecular weight excluding hydrogens is 402 g/mol. The number of anilines is 1. The van der Waals surface area contributed by atoms with Crippen LogP contribution in [0.25, 0.3) is 22.4 Å². The number of nitrogens with zero attached hydrogens (tertiary/aromatic N) is 1. The van der Waals surface area contributed by atoms with E-state index in [1.807, 2.05) is 0 Å². The second-order valence-corrected chi connectivity index (χ2v) is 6.58. The maximum Gasteiger partial charge on any atom is 0.416 e. The third-order valence-electron chi connectivity index (χ3n) is 3.32. The number of fused-ring (bicyclic) bond motifs is 1. The fourth-order valence-electron chi connectivity index (χ4n) is 2.27. The van der Waals surface area contributed by atoms with E-state index in [0.29, 0.717) is 5.02 Å². The summed E-state index contributed by atoms with van der Waals surface area (Å²) < 4.78 is 62.8. The van der Waals surface area contributed by atoms with Crippen molar-refractivity contribution in [3.63, 3.8) is 0 Å². The summed E-state index contributed by atoms with van der Waals surface area (Å²) >= 11 is 11.8. The highest BCUT2D eigenvalue weighted by molar-refractivity contribution is 7.73. The van der Waals surface area contributed by atoms with Crippen molar-refractivity contribution in [1.29, 1.82) is 0 Å². The summed E-state index contributed by atoms with van der Waals surface area (Å²) in [6.07, 6.45) is -4.57. The Balaban J connectivity index is 2.21. The molecule has 0 aliphatic carbocycles. The van der Waals surface area contributed by atoms with Gasteiger partial charge in [0, 0.05) is 10.6 Å². The zero-order valence-corrected chi connectivity index (χ0v) is 14.4. The van der Waals surface area contributed by atoms with Crippen LogP contribution in [0.2, 0.25) is 10.0 Å². The largest absolute Gasteiger partial charge is 0.416 e. The van der Waals surface area contributed by atoms with Crippen molar-refractivity contribution in [2.45, 2.75) is 6.18 Å². The van der Waals surface area contributed by atoms with E-state index in [9.17, 15) is 21.6 Å². The number of nitrogens with one attached hydrogen (secondary N) is 2. The summed E-state index contributed by atoms with van der Waals surface area (Å²) in [7, 11) is -2.95. The van der Waals surface area contributed by atoms with Gasteiger partial charge >= 0.3 is 6.18 Å². The molecule has 0 radical (unpaired) electrons. The van der Waals surface area contributed by atoms with Crippen molar-refractivity contribution in [1.82, 2.24) is 9.97 Å². The molecule has 0 atom stereocenters. The standard InChI is InChI=1S/C14H8Cl2F3N3O2S/c15-7-1-2-10(22-25(23)24)8(5-7)13-20-11-4-6(14(17,18)19)3-9(16)12(11)21-13/h1-5,25H,(H,20,21)(H,22,23,24). The number of halogens is 5. The minimum atomic E-state index is -4.57. The summed E-state index contributed by atoms with van der Waals surface area (Å²) in [5.41, 5.74) is -0.302. The lowest BCUT2D eigenvalue weighted by molar-refractivity contribution is -0.137. The number of imidazole rings is 1.